The molecule has 3 N–H and O–H groups in total. The van der Waals surface area contributed by atoms with Gasteiger partial charge in [-0.2, -0.15) is 4.98 Å². The number of hydrogen-bond donors (Lipinski definition) is 3. The van der Waals surface area contributed by atoms with E-state index in [4.69, 9.17) is 0 Å². The third kappa shape index (κ3) is 3.48. The van der Waals surface area contributed by atoms with Crippen molar-refractivity contribution >= 4 is 5.95 Å². The lowest BCUT2D eigenvalue weighted by atomic mass is 10.0. The molecule has 8 heteroatoms. The molecule has 2 heterocycles. The van der Waals surface area contributed by atoms with E-state index in [9.17, 15) is 5.11 Å². The van der Waals surface area contributed by atoms with Crippen LogP contribution in [0.4, 0.5) is 5.95 Å². The summed E-state index contributed by atoms with van der Waals surface area (Å²) in [4.78, 5) is 11.0. The van der Waals surface area contributed by atoms with Crippen LogP contribution in [0.2, 0.25) is 0 Å². The first kappa shape index (κ1) is 17.5. The zero-order valence-electron chi connectivity index (χ0n) is 15.8. The van der Waals surface area contributed by atoms with Crippen LogP contribution < -0.4 is 10.2 Å². The summed E-state index contributed by atoms with van der Waals surface area (Å²) in [7, 11) is 5.91. The Labute approximate surface area is 154 Å². The summed E-state index contributed by atoms with van der Waals surface area (Å²) in [5.74, 6) is 3.82. The van der Waals surface area contributed by atoms with Gasteiger partial charge in [-0.3, -0.25) is 5.10 Å². The number of aliphatic hydroxyl groups is 1. The Hall–Kier alpha value is -1.93. The number of aromatic amines is 1. The summed E-state index contributed by atoms with van der Waals surface area (Å²) < 4.78 is 2.10. The standard InChI is InChI=1S/C18H29N7O/c1-24(2)18-21-16(22-23-18)12-8-13(14(26)9-12)10-20-15(11-4-5-11)17-19-6-7-25(17)3/h6-7,11-15,20,26H,4-5,8-10H2,1-3H3,(H,21,22,23)/t12-,13+,14+,15?/m0/s1. The molecule has 0 radical (unpaired) electrons. The number of H-pyrrole nitrogens is 1. The maximum Gasteiger partial charge on any atom is 0.244 e. The van der Waals surface area contributed by atoms with Crippen molar-refractivity contribution in [3.05, 3.63) is 24.0 Å². The molecule has 0 saturated heterocycles. The van der Waals surface area contributed by atoms with Gasteiger partial charge < -0.3 is 19.9 Å². The molecule has 1 unspecified atom stereocenters. The number of aryl methyl sites for hydroxylation is 1. The van der Waals surface area contributed by atoms with Crippen LogP contribution in [0.3, 0.4) is 0 Å². The molecule has 26 heavy (non-hydrogen) atoms. The van der Waals surface area contributed by atoms with E-state index in [-0.39, 0.29) is 24.0 Å². The van der Waals surface area contributed by atoms with E-state index in [1.165, 1.54) is 12.8 Å². The van der Waals surface area contributed by atoms with Crippen LogP contribution in [0.1, 0.15) is 49.3 Å². The minimum atomic E-state index is -0.304. The van der Waals surface area contributed by atoms with Gasteiger partial charge in [0.15, 0.2) is 0 Å². The molecule has 0 aliphatic heterocycles. The van der Waals surface area contributed by atoms with Crippen LogP contribution in [0.25, 0.3) is 0 Å². The van der Waals surface area contributed by atoms with E-state index >= 15 is 0 Å². The maximum atomic E-state index is 10.6. The smallest absolute Gasteiger partial charge is 0.244 e. The van der Waals surface area contributed by atoms with Gasteiger partial charge >= 0.3 is 0 Å². The fourth-order valence-electron chi connectivity index (χ4n) is 4.05. The lowest BCUT2D eigenvalue weighted by Crippen LogP contribution is -2.33. The van der Waals surface area contributed by atoms with Gasteiger partial charge in [-0.05, 0) is 37.5 Å². The molecule has 4 atom stereocenters. The molecule has 0 aromatic carbocycles. The van der Waals surface area contributed by atoms with Crippen LogP contribution in [0.15, 0.2) is 12.4 Å². The minimum Gasteiger partial charge on any atom is -0.393 e. The molecule has 2 aromatic heterocycles. The highest BCUT2D eigenvalue weighted by Gasteiger charge is 2.38. The number of nitrogens with zero attached hydrogens (tertiary/aromatic N) is 5. The largest absolute Gasteiger partial charge is 0.393 e. The highest BCUT2D eigenvalue weighted by Crippen LogP contribution is 2.42. The van der Waals surface area contributed by atoms with Gasteiger partial charge in [0.2, 0.25) is 5.95 Å². The predicted octanol–water partition coefficient (Wildman–Crippen LogP) is 1.20. The molecule has 0 bridgehead atoms. The Balaban J connectivity index is 1.38. The molecule has 8 nitrogen and oxygen atoms in total. The van der Waals surface area contributed by atoms with E-state index in [1.54, 1.807) is 0 Å². The lowest BCUT2D eigenvalue weighted by Gasteiger charge is -2.22. The second kappa shape index (κ2) is 7.00. The van der Waals surface area contributed by atoms with Crippen molar-refractivity contribution in [3.63, 3.8) is 0 Å². The second-order valence-corrected chi connectivity index (χ2v) is 8.03. The maximum absolute atomic E-state index is 10.6. The van der Waals surface area contributed by atoms with E-state index in [2.05, 4.69) is 30.0 Å². The minimum absolute atomic E-state index is 0.231. The van der Waals surface area contributed by atoms with Gasteiger partial charge in [-0.15, -0.1) is 5.10 Å². The Bertz CT molecular complexity index is 735. The molecule has 142 valence electrons. The van der Waals surface area contributed by atoms with E-state index in [0.29, 0.717) is 11.9 Å². The van der Waals surface area contributed by atoms with Gasteiger partial charge in [0.05, 0.1) is 12.1 Å². The van der Waals surface area contributed by atoms with E-state index in [0.717, 1.165) is 31.0 Å². The molecule has 2 aliphatic carbocycles. The third-order valence-electron chi connectivity index (χ3n) is 5.77. The Morgan fingerprint density at radius 2 is 2.19 bits per heavy atom. The first-order valence-corrected chi connectivity index (χ1v) is 9.51. The normalized spacial score (nSPS) is 27.0. The quantitative estimate of drug-likeness (QED) is 0.688. The summed E-state index contributed by atoms with van der Waals surface area (Å²) in [5, 5.41) is 21.5. The zero-order valence-corrected chi connectivity index (χ0v) is 15.8. The summed E-state index contributed by atoms with van der Waals surface area (Å²) in [5.41, 5.74) is 0. The summed E-state index contributed by atoms with van der Waals surface area (Å²) in [6.07, 6.45) is 7.73. The average Bonchev–Trinajstić information content (AvgIpc) is 3.00. The van der Waals surface area contributed by atoms with Crippen molar-refractivity contribution in [1.29, 1.82) is 0 Å². The number of aliphatic hydroxyl groups excluding tert-OH is 1. The zero-order chi connectivity index (χ0) is 18.3. The summed E-state index contributed by atoms with van der Waals surface area (Å²) in [6, 6.07) is 0.284. The molecule has 0 spiro atoms. The van der Waals surface area contributed by atoms with Crippen LogP contribution >= 0.6 is 0 Å². The number of hydrogen-bond acceptors (Lipinski definition) is 6. The molecule has 2 aliphatic rings. The number of nitrogens with one attached hydrogen (secondary N) is 2. The Kier molecular flexibility index (Phi) is 4.71. The van der Waals surface area contributed by atoms with Gasteiger partial charge in [0.1, 0.15) is 11.6 Å². The van der Waals surface area contributed by atoms with Crippen molar-refractivity contribution in [1.82, 2.24) is 30.0 Å². The molecule has 2 fully saturated rings. The highest BCUT2D eigenvalue weighted by molar-refractivity contribution is 5.26. The average molecular weight is 359 g/mol. The SMILES string of the molecule is CN(C)c1n[nH]c([C@H]2C[C@H](CNC(c3nccn3C)C3CC3)[C@H](O)C2)n1. The van der Waals surface area contributed by atoms with E-state index in [1.807, 2.05) is 38.4 Å². The van der Waals surface area contributed by atoms with Crippen molar-refractivity contribution in [3.8, 4) is 0 Å². The number of imidazole rings is 1. The van der Waals surface area contributed by atoms with E-state index < -0.39 is 0 Å². The lowest BCUT2D eigenvalue weighted by molar-refractivity contribution is 0.128. The predicted molar refractivity (Wildman–Crippen MR) is 98.9 cm³/mol. The molecule has 2 saturated carbocycles. The third-order valence-corrected chi connectivity index (χ3v) is 5.77. The molecule has 2 aromatic rings. The monoisotopic (exact) mass is 359 g/mol. The van der Waals surface area contributed by atoms with Crippen molar-refractivity contribution in [2.45, 2.75) is 43.7 Å². The fourth-order valence-corrected chi connectivity index (χ4v) is 4.05. The highest BCUT2D eigenvalue weighted by atomic mass is 16.3. The number of aromatic nitrogens is 5. The van der Waals surface area contributed by atoms with Crippen molar-refractivity contribution < 1.29 is 5.11 Å². The Morgan fingerprint density at radius 1 is 1.38 bits per heavy atom. The Morgan fingerprint density at radius 3 is 2.81 bits per heavy atom. The first-order valence-electron chi connectivity index (χ1n) is 9.51. The van der Waals surface area contributed by atoms with Gasteiger partial charge in [-0.25, -0.2) is 4.98 Å². The summed E-state index contributed by atoms with van der Waals surface area (Å²) >= 11 is 0. The van der Waals surface area contributed by atoms with Crippen LogP contribution in [-0.4, -0.2) is 56.6 Å². The van der Waals surface area contributed by atoms with Crippen LogP contribution in [0, 0.1) is 11.8 Å². The molecule has 0 amide bonds. The van der Waals surface area contributed by atoms with Crippen molar-refractivity contribution in [2.75, 3.05) is 25.5 Å². The fraction of sp³-hybridized carbons (Fsp3) is 0.722. The van der Waals surface area contributed by atoms with Gasteiger partial charge in [0.25, 0.3) is 0 Å². The van der Waals surface area contributed by atoms with Crippen LogP contribution in [-0.2, 0) is 7.05 Å². The number of rotatable bonds is 7. The van der Waals surface area contributed by atoms with Gasteiger partial charge in [-0.1, -0.05) is 0 Å². The summed E-state index contributed by atoms with van der Waals surface area (Å²) in [6.45, 7) is 0.806. The second-order valence-electron chi connectivity index (χ2n) is 8.03. The number of anilines is 1. The molecular formula is C18H29N7O. The first-order chi connectivity index (χ1) is 12.5. The van der Waals surface area contributed by atoms with Crippen molar-refractivity contribution in [2.24, 2.45) is 18.9 Å². The van der Waals surface area contributed by atoms with Crippen LogP contribution in [0.5, 0.6) is 0 Å². The molecule has 4 rings (SSSR count). The van der Waals surface area contributed by atoms with Gasteiger partial charge in [0, 0.05) is 46.0 Å². The topological polar surface area (TPSA) is 94.9 Å². The molecular weight excluding hydrogens is 330 g/mol.